The van der Waals surface area contributed by atoms with Crippen LogP contribution >= 0.6 is 22.6 Å². The number of carbonyl (C=O) groups is 1. The number of carbonyl (C=O) groups excluding carboxylic acids is 1. The van der Waals surface area contributed by atoms with Crippen molar-refractivity contribution < 1.29 is 18.7 Å². The summed E-state index contributed by atoms with van der Waals surface area (Å²) < 4.78 is 17.4. The molecule has 3 unspecified atom stereocenters. The Kier molecular flexibility index (Phi) is 6.10. The third kappa shape index (κ3) is 4.29. The second-order valence-electron chi connectivity index (χ2n) is 7.08. The number of benzene rings is 1. The standard InChI is InChI=1S/C20H24INO5/c1-5-16-10(2)11(3)18(20(27-16)25-12(4)23)22-14-7-6-13-8-15(21)19(24)26-17(13)9-14/h6-11,16,18,20,22H,5H2,1-4H3/t10-,11-,16?,18?,20?/m0/s1. The van der Waals surface area contributed by atoms with Crippen molar-refractivity contribution in [2.75, 3.05) is 5.32 Å². The van der Waals surface area contributed by atoms with Crippen LogP contribution in [0.2, 0.25) is 0 Å². The predicted molar refractivity (Wildman–Crippen MR) is 112 cm³/mol. The summed E-state index contributed by atoms with van der Waals surface area (Å²) >= 11 is 1.96. The number of anilines is 1. The van der Waals surface area contributed by atoms with Crippen molar-refractivity contribution in [3.05, 3.63) is 38.3 Å². The first-order valence-electron chi connectivity index (χ1n) is 9.12. The van der Waals surface area contributed by atoms with Gasteiger partial charge in [0.2, 0.25) is 6.29 Å². The van der Waals surface area contributed by atoms with E-state index in [1.54, 1.807) is 12.1 Å². The lowest BCUT2D eigenvalue weighted by atomic mass is 9.81. The van der Waals surface area contributed by atoms with E-state index >= 15 is 0 Å². The van der Waals surface area contributed by atoms with Gasteiger partial charge in [-0.3, -0.25) is 4.79 Å². The van der Waals surface area contributed by atoms with E-state index in [2.05, 4.69) is 26.1 Å². The van der Waals surface area contributed by atoms with Crippen LogP contribution in [0.1, 0.15) is 34.1 Å². The predicted octanol–water partition coefficient (Wildman–Crippen LogP) is 4.15. The van der Waals surface area contributed by atoms with Gasteiger partial charge in [-0.25, -0.2) is 4.79 Å². The Morgan fingerprint density at radius 3 is 2.67 bits per heavy atom. The van der Waals surface area contributed by atoms with E-state index in [-0.39, 0.29) is 29.7 Å². The van der Waals surface area contributed by atoms with Crippen LogP contribution in [-0.2, 0) is 14.3 Å². The average Bonchev–Trinajstić information content (AvgIpc) is 2.62. The molecule has 7 heteroatoms. The molecule has 6 nitrogen and oxygen atoms in total. The third-order valence-electron chi connectivity index (χ3n) is 5.30. The Morgan fingerprint density at radius 1 is 1.26 bits per heavy atom. The second-order valence-corrected chi connectivity index (χ2v) is 8.25. The molecule has 0 saturated carbocycles. The number of rotatable bonds is 4. The zero-order valence-corrected chi connectivity index (χ0v) is 18.0. The van der Waals surface area contributed by atoms with E-state index < -0.39 is 6.29 Å². The highest BCUT2D eigenvalue weighted by atomic mass is 127. The van der Waals surface area contributed by atoms with Crippen LogP contribution in [0.3, 0.4) is 0 Å². The minimum Gasteiger partial charge on any atom is -0.434 e. The van der Waals surface area contributed by atoms with Gasteiger partial charge in [-0.05, 0) is 59.0 Å². The molecular weight excluding hydrogens is 461 g/mol. The molecule has 0 radical (unpaired) electrons. The lowest BCUT2D eigenvalue weighted by Crippen LogP contribution is -2.53. The molecule has 5 atom stereocenters. The van der Waals surface area contributed by atoms with Crippen molar-refractivity contribution in [2.24, 2.45) is 11.8 Å². The van der Waals surface area contributed by atoms with Crippen molar-refractivity contribution in [2.45, 2.75) is 52.6 Å². The highest BCUT2D eigenvalue weighted by molar-refractivity contribution is 14.1. The highest BCUT2D eigenvalue weighted by Crippen LogP contribution is 2.35. The van der Waals surface area contributed by atoms with Crippen LogP contribution in [0, 0.1) is 15.4 Å². The molecule has 1 aliphatic heterocycles. The summed E-state index contributed by atoms with van der Waals surface area (Å²) in [6.45, 7) is 7.74. The zero-order valence-electron chi connectivity index (χ0n) is 15.8. The fourth-order valence-corrected chi connectivity index (χ4v) is 4.04. The monoisotopic (exact) mass is 485 g/mol. The molecule has 1 aliphatic rings. The van der Waals surface area contributed by atoms with E-state index in [0.717, 1.165) is 17.5 Å². The Morgan fingerprint density at radius 2 is 2.00 bits per heavy atom. The molecule has 1 aromatic heterocycles. The summed E-state index contributed by atoms with van der Waals surface area (Å²) in [5.74, 6) is 0.147. The molecule has 0 aliphatic carbocycles. The van der Waals surface area contributed by atoms with Gasteiger partial charge >= 0.3 is 11.6 Å². The number of ether oxygens (including phenoxy) is 2. The van der Waals surface area contributed by atoms with E-state index in [1.807, 2.05) is 34.7 Å². The smallest absolute Gasteiger partial charge is 0.349 e. The minimum absolute atomic E-state index is 0.0408. The van der Waals surface area contributed by atoms with E-state index in [9.17, 15) is 9.59 Å². The number of esters is 1. The summed E-state index contributed by atoms with van der Waals surface area (Å²) in [6.07, 6.45) is 0.229. The fourth-order valence-electron chi connectivity index (χ4n) is 3.59. The van der Waals surface area contributed by atoms with Crippen molar-refractivity contribution in [1.82, 2.24) is 0 Å². The van der Waals surface area contributed by atoms with Crippen LogP contribution in [0.5, 0.6) is 0 Å². The van der Waals surface area contributed by atoms with Gasteiger partial charge in [0.25, 0.3) is 0 Å². The Balaban J connectivity index is 1.90. The van der Waals surface area contributed by atoms with Gasteiger partial charge in [0, 0.05) is 24.1 Å². The van der Waals surface area contributed by atoms with Crippen LogP contribution in [-0.4, -0.2) is 24.4 Å². The summed E-state index contributed by atoms with van der Waals surface area (Å²) in [5, 5.41) is 4.28. The fraction of sp³-hybridized carbons (Fsp3) is 0.500. The SMILES string of the molecule is CCC1OC(OC(C)=O)C(Nc2ccc3cc(I)c(=O)oc3c2)[C@@H](C)[C@@H]1C. The van der Waals surface area contributed by atoms with Crippen molar-refractivity contribution in [1.29, 1.82) is 0 Å². The first-order chi connectivity index (χ1) is 12.8. The topological polar surface area (TPSA) is 77.8 Å². The van der Waals surface area contributed by atoms with Gasteiger partial charge in [-0.1, -0.05) is 20.8 Å². The molecule has 2 heterocycles. The molecule has 27 heavy (non-hydrogen) atoms. The van der Waals surface area contributed by atoms with Gasteiger partial charge in [0.1, 0.15) is 5.58 Å². The van der Waals surface area contributed by atoms with Crippen molar-refractivity contribution >= 4 is 45.2 Å². The molecule has 146 valence electrons. The van der Waals surface area contributed by atoms with E-state index in [4.69, 9.17) is 13.9 Å². The van der Waals surface area contributed by atoms with Crippen LogP contribution in [0.4, 0.5) is 5.69 Å². The summed E-state index contributed by atoms with van der Waals surface area (Å²) in [4.78, 5) is 23.4. The van der Waals surface area contributed by atoms with E-state index in [0.29, 0.717) is 15.1 Å². The first-order valence-corrected chi connectivity index (χ1v) is 10.2. The van der Waals surface area contributed by atoms with Crippen LogP contribution < -0.4 is 10.9 Å². The van der Waals surface area contributed by atoms with Crippen LogP contribution in [0.25, 0.3) is 11.0 Å². The molecule has 1 N–H and O–H groups in total. The molecule has 0 spiro atoms. The number of nitrogens with one attached hydrogen (secondary N) is 1. The van der Waals surface area contributed by atoms with Gasteiger partial charge in [0.05, 0.1) is 15.7 Å². The maximum absolute atomic E-state index is 11.8. The zero-order chi connectivity index (χ0) is 19.7. The van der Waals surface area contributed by atoms with Gasteiger partial charge in [0.15, 0.2) is 0 Å². The molecule has 0 amide bonds. The maximum atomic E-state index is 11.8. The highest BCUT2D eigenvalue weighted by Gasteiger charge is 2.42. The van der Waals surface area contributed by atoms with Gasteiger partial charge in [-0.2, -0.15) is 0 Å². The average molecular weight is 485 g/mol. The second kappa shape index (κ2) is 8.18. The van der Waals surface area contributed by atoms with Gasteiger partial charge in [-0.15, -0.1) is 0 Å². The lowest BCUT2D eigenvalue weighted by molar-refractivity contribution is -0.223. The lowest BCUT2D eigenvalue weighted by Gasteiger charge is -2.44. The Labute approximate surface area is 171 Å². The molecule has 2 aromatic rings. The quantitative estimate of drug-likeness (QED) is 0.399. The Bertz CT molecular complexity index is 896. The number of fused-ring (bicyclic) bond motifs is 1. The van der Waals surface area contributed by atoms with E-state index in [1.165, 1.54) is 6.92 Å². The molecule has 1 saturated heterocycles. The minimum atomic E-state index is -0.668. The summed E-state index contributed by atoms with van der Waals surface area (Å²) in [5.41, 5.74) is 0.941. The molecular formula is C20H24INO5. The number of halogens is 1. The summed E-state index contributed by atoms with van der Waals surface area (Å²) in [6, 6.07) is 7.21. The van der Waals surface area contributed by atoms with Crippen molar-refractivity contribution in [3.63, 3.8) is 0 Å². The number of hydrogen-bond donors (Lipinski definition) is 1. The largest absolute Gasteiger partial charge is 0.434 e. The van der Waals surface area contributed by atoms with Crippen LogP contribution in [0.15, 0.2) is 33.5 Å². The van der Waals surface area contributed by atoms with Gasteiger partial charge < -0.3 is 19.2 Å². The third-order valence-corrected chi connectivity index (χ3v) is 6.05. The van der Waals surface area contributed by atoms with Crippen molar-refractivity contribution in [3.8, 4) is 0 Å². The molecule has 1 aromatic carbocycles. The Hall–Kier alpha value is -1.61. The normalized spacial score (nSPS) is 28.1. The molecule has 1 fully saturated rings. The molecule has 0 bridgehead atoms. The maximum Gasteiger partial charge on any atom is 0.349 e. The first kappa shape index (κ1) is 20.1. The molecule has 3 rings (SSSR count). The number of hydrogen-bond acceptors (Lipinski definition) is 6. The summed E-state index contributed by atoms with van der Waals surface area (Å²) in [7, 11) is 0.